The van der Waals surface area contributed by atoms with Gasteiger partial charge in [-0.05, 0) is 66.7 Å². The van der Waals surface area contributed by atoms with E-state index >= 15 is 0 Å². The molecular weight excluding hydrogens is 312 g/mol. The highest BCUT2D eigenvalue weighted by Gasteiger charge is 2.43. The van der Waals surface area contributed by atoms with E-state index in [2.05, 4.69) is 31.4 Å². The van der Waals surface area contributed by atoms with Gasteiger partial charge >= 0.3 is 0 Å². The van der Waals surface area contributed by atoms with E-state index in [0.717, 1.165) is 25.7 Å². The van der Waals surface area contributed by atoms with E-state index in [-0.39, 0.29) is 27.7 Å². The van der Waals surface area contributed by atoms with Crippen molar-refractivity contribution in [3.05, 3.63) is 35.4 Å². The van der Waals surface area contributed by atoms with Crippen LogP contribution < -0.4 is 4.72 Å². The molecule has 1 saturated heterocycles. The SMILES string of the molecule is C=S1NC2CCC(C)(c3cc(F)ccc3F)CC2CC1C(C)C. The Morgan fingerprint density at radius 1 is 1.35 bits per heavy atom. The van der Waals surface area contributed by atoms with Crippen molar-refractivity contribution < 1.29 is 8.78 Å². The lowest BCUT2D eigenvalue weighted by molar-refractivity contribution is 0.174. The highest BCUT2D eigenvalue weighted by molar-refractivity contribution is 8.13. The number of fused-ring (bicyclic) bond motifs is 1. The van der Waals surface area contributed by atoms with Crippen LogP contribution in [0.25, 0.3) is 0 Å². The van der Waals surface area contributed by atoms with Crippen LogP contribution in [0, 0.1) is 23.5 Å². The summed E-state index contributed by atoms with van der Waals surface area (Å²) < 4.78 is 31.7. The number of halogens is 2. The third-order valence-electron chi connectivity index (χ3n) is 5.81. The van der Waals surface area contributed by atoms with Gasteiger partial charge in [0.1, 0.15) is 11.6 Å². The van der Waals surface area contributed by atoms with Crippen molar-refractivity contribution in [3.63, 3.8) is 0 Å². The molecule has 0 radical (unpaired) electrons. The Hall–Kier alpha value is -0.740. The van der Waals surface area contributed by atoms with Crippen molar-refractivity contribution in [3.8, 4) is 0 Å². The molecule has 2 aliphatic rings. The van der Waals surface area contributed by atoms with Crippen LogP contribution in [0.15, 0.2) is 18.2 Å². The summed E-state index contributed by atoms with van der Waals surface area (Å²) in [6.07, 6.45) is 3.98. The largest absolute Gasteiger partial charge is 0.266 e. The minimum Gasteiger partial charge on any atom is -0.266 e. The molecule has 0 amide bonds. The van der Waals surface area contributed by atoms with Gasteiger partial charge in [0, 0.05) is 11.3 Å². The van der Waals surface area contributed by atoms with Crippen molar-refractivity contribution in [1.29, 1.82) is 0 Å². The lowest BCUT2D eigenvalue weighted by atomic mass is 9.64. The molecule has 1 aliphatic carbocycles. The number of hydrogen-bond donors (Lipinski definition) is 1. The van der Waals surface area contributed by atoms with E-state index in [0.29, 0.717) is 28.7 Å². The Kier molecular flexibility index (Phi) is 4.67. The standard InChI is InChI=1S/C19H27F2NS/c1-12(2)18-9-13-11-19(3,8-7-17(13)22-23(18)4)15-10-14(20)5-6-16(15)21/h5-6,10,12-13,17-18,22H,4,7-9,11H2,1-3H3. The Labute approximate surface area is 140 Å². The second-order valence-corrected chi connectivity index (χ2v) is 9.56. The molecule has 128 valence electrons. The summed E-state index contributed by atoms with van der Waals surface area (Å²) in [6, 6.07) is 4.36. The minimum absolute atomic E-state index is 0.0121. The first kappa shape index (κ1) is 17.1. The molecule has 5 atom stereocenters. The zero-order chi connectivity index (χ0) is 16.8. The van der Waals surface area contributed by atoms with Crippen LogP contribution in [-0.2, 0) is 5.41 Å². The van der Waals surface area contributed by atoms with Crippen LogP contribution >= 0.6 is 10.7 Å². The average molecular weight is 339 g/mol. The van der Waals surface area contributed by atoms with Gasteiger partial charge in [-0.15, -0.1) is 10.7 Å². The highest BCUT2D eigenvalue weighted by Crippen LogP contribution is 2.48. The Bertz CT molecular complexity index is 615. The summed E-state index contributed by atoms with van der Waals surface area (Å²) in [7, 11) is 0.0121. The molecule has 1 aliphatic heterocycles. The minimum atomic E-state index is -0.342. The summed E-state index contributed by atoms with van der Waals surface area (Å²) >= 11 is 0. The quantitative estimate of drug-likeness (QED) is 0.746. The number of hydrogen-bond acceptors (Lipinski definition) is 1. The Balaban J connectivity index is 1.85. The van der Waals surface area contributed by atoms with Crippen LogP contribution in [0.1, 0.15) is 52.0 Å². The molecule has 2 fully saturated rings. The monoisotopic (exact) mass is 339 g/mol. The molecule has 23 heavy (non-hydrogen) atoms. The fourth-order valence-corrected chi connectivity index (χ4v) is 6.45. The van der Waals surface area contributed by atoms with Crippen LogP contribution in [0.4, 0.5) is 8.78 Å². The predicted molar refractivity (Wildman–Crippen MR) is 95.9 cm³/mol. The first-order valence-corrected chi connectivity index (χ1v) is 10.0. The molecule has 1 heterocycles. The topological polar surface area (TPSA) is 12.0 Å². The van der Waals surface area contributed by atoms with Gasteiger partial charge in [-0.3, -0.25) is 4.72 Å². The average Bonchev–Trinajstić information content (AvgIpc) is 2.49. The van der Waals surface area contributed by atoms with Gasteiger partial charge in [-0.25, -0.2) is 8.78 Å². The van der Waals surface area contributed by atoms with Gasteiger partial charge in [0.25, 0.3) is 0 Å². The maximum absolute atomic E-state index is 14.3. The second-order valence-electron chi connectivity index (χ2n) is 7.86. The second kappa shape index (κ2) is 6.29. The highest BCUT2D eigenvalue weighted by atomic mass is 32.2. The normalized spacial score (nSPS) is 37.7. The van der Waals surface area contributed by atoms with Gasteiger partial charge in [0.2, 0.25) is 0 Å². The fraction of sp³-hybridized carbons (Fsp3) is 0.632. The molecule has 1 N–H and O–H groups in total. The number of rotatable bonds is 2. The Morgan fingerprint density at radius 2 is 2.09 bits per heavy atom. The van der Waals surface area contributed by atoms with Crippen molar-refractivity contribution in [2.75, 3.05) is 0 Å². The zero-order valence-electron chi connectivity index (χ0n) is 14.2. The molecule has 5 unspecified atom stereocenters. The summed E-state index contributed by atoms with van der Waals surface area (Å²) in [5.41, 5.74) is 0.282. The molecule has 4 heteroatoms. The number of nitrogens with one attached hydrogen (secondary N) is 1. The van der Waals surface area contributed by atoms with Crippen molar-refractivity contribution >= 4 is 16.5 Å². The van der Waals surface area contributed by atoms with Crippen molar-refractivity contribution in [2.45, 2.75) is 63.2 Å². The molecular formula is C19H27F2NS. The summed E-state index contributed by atoms with van der Waals surface area (Å²) in [5.74, 6) is 4.83. The molecule has 0 aromatic heterocycles. The van der Waals surface area contributed by atoms with Crippen molar-refractivity contribution in [2.24, 2.45) is 11.8 Å². The molecule has 0 bridgehead atoms. The van der Waals surface area contributed by atoms with E-state index in [1.165, 1.54) is 18.2 Å². The van der Waals surface area contributed by atoms with Gasteiger partial charge in [-0.1, -0.05) is 26.6 Å². The maximum atomic E-state index is 14.3. The smallest absolute Gasteiger partial charge is 0.127 e. The van der Waals surface area contributed by atoms with Gasteiger partial charge in [0.05, 0.1) is 0 Å². The maximum Gasteiger partial charge on any atom is 0.127 e. The van der Waals surface area contributed by atoms with Gasteiger partial charge < -0.3 is 0 Å². The van der Waals surface area contributed by atoms with Gasteiger partial charge in [0.15, 0.2) is 0 Å². The molecule has 0 spiro atoms. The summed E-state index contributed by atoms with van der Waals surface area (Å²) in [4.78, 5) is 0. The van der Waals surface area contributed by atoms with E-state index < -0.39 is 0 Å². The van der Waals surface area contributed by atoms with E-state index in [9.17, 15) is 8.78 Å². The first-order chi connectivity index (χ1) is 10.8. The third-order valence-corrected chi connectivity index (χ3v) is 7.89. The lowest BCUT2D eigenvalue weighted by Crippen LogP contribution is -2.49. The van der Waals surface area contributed by atoms with Crippen LogP contribution in [0.5, 0.6) is 0 Å². The van der Waals surface area contributed by atoms with E-state index in [4.69, 9.17) is 0 Å². The third kappa shape index (κ3) is 3.25. The summed E-state index contributed by atoms with van der Waals surface area (Å²) in [5, 5.41) is 0.580. The van der Waals surface area contributed by atoms with Gasteiger partial charge in [-0.2, -0.15) is 0 Å². The lowest BCUT2D eigenvalue weighted by Gasteiger charge is -2.49. The van der Waals surface area contributed by atoms with Crippen LogP contribution in [0.3, 0.4) is 0 Å². The van der Waals surface area contributed by atoms with E-state index in [1.54, 1.807) is 0 Å². The molecule has 3 rings (SSSR count). The summed E-state index contributed by atoms with van der Waals surface area (Å²) in [6.45, 7) is 6.61. The Morgan fingerprint density at radius 3 is 2.78 bits per heavy atom. The first-order valence-electron chi connectivity index (χ1n) is 8.54. The predicted octanol–water partition coefficient (Wildman–Crippen LogP) is 5.03. The molecule has 1 aromatic carbocycles. The van der Waals surface area contributed by atoms with E-state index in [1.807, 2.05) is 0 Å². The molecule has 1 saturated carbocycles. The van der Waals surface area contributed by atoms with Crippen LogP contribution in [-0.4, -0.2) is 17.2 Å². The fourth-order valence-electron chi connectivity index (χ4n) is 4.44. The van der Waals surface area contributed by atoms with Crippen LogP contribution in [0.2, 0.25) is 0 Å². The van der Waals surface area contributed by atoms with Crippen molar-refractivity contribution in [1.82, 2.24) is 4.72 Å². The molecule has 1 aromatic rings. The zero-order valence-corrected chi connectivity index (χ0v) is 15.1. The number of benzene rings is 1. The molecule has 1 nitrogen and oxygen atoms in total.